The standard InChI is InChI=1S/CH5F3GeO3SSi/c2-1(3,4)9(6,7)8-10-5/h10H2,5H3. The summed E-state index contributed by atoms with van der Waals surface area (Å²) in [5.41, 5.74) is -5.24. The zero-order chi connectivity index (χ0) is 8.41. The van der Waals surface area contributed by atoms with Crippen LogP contribution < -0.4 is 0 Å². The maximum atomic E-state index is 11.4. The van der Waals surface area contributed by atoms with Crippen LogP contribution in [0.3, 0.4) is 0 Å². The van der Waals surface area contributed by atoms with Gasteiger partial charge < -0.3 is 0 Å². The molecular weight excluding hydrogens is 250 g/mol. The van der Waals surface area contributed by atoms with Gasteiger partial charge in [0.05, 0.1) is 0 Å². The summed E-state index contributed by atoms with van der Waals surface area (Å²) in [5, 5.41) is 0. The summed E-state index contributed by atoms with van der Waals surface area (Å²) in [6.07, 6.45) is 0. The van der Waals surface area contributed by atoms with Gasteiger partial charge in [0, 0.05) is 0 Å². The molecule has 0 bridgehead atoms. The molecule has 0 aliphatic carbocycles. The summed E-state index contributed by atoms with van der Waals surface area (Å²) in [6, 6.07) is 0. The summed E-state index contributed by atoms with van der Waals surface area (Å²) >= 11 is 0.0747. The Kier molecular flexibility index (Phi) is 3.39. The average molecular weight is 255 g/mol. The average Bonchev–Trinajstić information content (AvgIpc) is 1.61. The zero-order valence-electron chi connectivity index (χ0n) is 4.97. The van der Waals surface area contributed by atoms with Crippen LogP contribution in [-0.4, -0.2) is 38.1 Å². The minimum absolute atomic E-state index is 0.0747. The molecule has 0 saturated carbocycles. The molecule has 0 aromatic rings. The molecule has 0 unspecified atom stereocenters. The van der Waals surface area contributed by atoms with Crippen LogP contribution in [-0.2, 0) is 14.0 Å². The fourth-order valence-corrected chi connectivity index (χ4v) is 7.86. The van der Waals surface area contributed by atoms with E-state index in [0.717, 1.165) is 0 Å². The first kappa shape index (κ1) is 10.5. The third-order valence-electron chi connectivity index (χ3n) is 0.556. The maximum absolute atomic E-state index is 11.4. The van der Waals surface area contributed by atoms with Gasteiger partial charge in [0.15, 0.2) is 0 Å². The van der Waals surface area contributed by atoms with Gasteiger partial charge in [0.25, 0.3) is 0 Å². The molecule has 0 N–H and O–H groups in total. The van der Waals surface area contributed by atoms with Crippen LogP contribution in [0.15, 0.2) is 0 Å². The van der Waals surface area contributed by atoms with Crippen LogP contribution in [0.2, 0.25) is 0 Å². The summed E-state index contributed by atoms with van der Waals surface area (Å²) in [5.74, 6) is 0. The predicted octanol–water partition coefficient (Wildman–Crippen LogP) is -1.78. The molecule has 0 heterocycles. The van der Waals surface area contributed by atoms with E-state index in [2.05, 4.69) is 3.87 Å². The Labute approximate surface area is 65.6 Å². The SMILES string of the molecule is O=S(=O)(O[SiH2][GeH3])C(F)(F)F. The molecule has 0 fully saturated rings. The van der Waals surface area contributed by atoms with E-state index in [1.807, 2.05) is 0 Å². The van der Waals surface area contributed by atoms with Crippen LogP contribution in [0.1, 0.15) is 0 Å². The Morgan fingerprint density at radius 3 is 1.90 bits per heavy atom. The van der Waals surface area contributed by atoms with E-state index in [4.69, 9.17) is 0 Å². The summed E-state index contributed by atoms with van der Waals surface area (Å²) in [4.78, 5) is 0. The first-order valence-corrected chi connectivity index (χ1v) is 14.6. The van der Waals surface area contributed by atoms with Gasteiger partial charge in [-0.05, 0) is 0 Å². The second-order valence-electron chi connectivity index (χ2n) is 1.31. The van der Waals surface area contributed by atoms with Gasteiger partial charge in [0.2, 0.25) is 0 Å². The van der Waals surface area contributed by atoms with Crippen molar-refractivity contribution >= 4 is 34.3 Å². The molecule has 0 aliphatic rings. The molecule has 0 rings (SSSR count). The van der Waals surface area contributed by atoms with Crippen molar-refractivity contribution in [2.75, 3.05) is 0 Å². The Balaban J connectivity index is 4.44. The van der Waals surface area contributed by atoms with E-state index in [-0.39, 0.29) is 15.9 Å². The fraction of sp³-hybridized carbons (Fsp3) is 1.00. The molecule has 0 saturated heterocycles. The van der Waals surface area contributed by atoms with Crippen molar-refractivity contribution in [3.05, 3.63) is 0 Å². The molecule has 3 nitrogen and oxygen atoms in total. The Hall–Kier alpha value is 0.460. The van der Waals surface area contributed by atoms with Crippen LogP contribution in [0.25, 0.3) is 0 Å². The Morgan fingerprint density at radius 2 is 1.80 bits per heavy atom. The summed E-state index contributed by atoms with van der Waals surface area (Å²) in [6.45, 7) is 0. The topological polar surface area (TPSA) is 43.4 Å². The van der Waals surface area contributed by atoms with Gasteiger partial charge in [-0.1, -0.05) is 0 Å². The molecule has 0 aromatic carbocycles. The van der Waals surface area contributed by atoms with Crippen molar-refractivity contribution in [1.29, 1.82) is 0 Å². The summed E-state index contributed by atoms with van der Waals surface area (Å²) in [7, 11) is -6.63. The number of halogens is 3. The van der Waals surface area contributed by atoms with Crippen molar-refractivity contribution in [2.45, 2.75) is 5.51 Å². The first-order valence-electron chi connectivity index (χ1n) is 2.27. The number of alkyl halides is 3. The van der Waals surface area contributed by atoms with Crippen molar-refractivity contribution in [1.82, 2.24) is 0 Å². The van der Waals surface area contributed by atoms with E-state index in [1.54, 1.807) is 0 Å². The molecule has 62 valence electrons. The van der Waals surface area contributed by atoms with Crippen LogP contribution in [0, 0.1) is 0 Å². The second-order valence-corrected chi connectivity index (χ2v) is 7.83. The van der Waals surface area contributed by atoms with Crippen molar-refractivity contribution in [2.24, 2.45) is 0 Å². The Morgan fingerprint density at radius 1 is 1.40 bits per heavy atom. The molecule has 0 radical (unpaired) electrons. The van der Waals surface area contributed by atoms with E-state index in [1.165, 1.54) is 0 Å². The van der Waals surface area contributed by atoms with E-state index in [9.17, 15) is 21.6 Å². The number of rotatable bonds is 2. The van der Waals surface area contributed by atoms with Crippen LogP contribution in [0.4, 0.5) is 13.2 Å². The van der Waals surface area contributed by atoms with Gasteiger partial charge in [-0.25, -0.2) is 0 Å². The Bertz CT molecular complexity index is 196. The predicted molar refractivity (Wildman–Crippen MR) is 34.5 cm³/mol. The molecule has 0 aromatic heterocycles. The second kappa shape index (κ2) is 3.24. The summed E-state index contributed by atoms with van der Waals surface area (Å²) < 4.78 is 57.7. The monoisotopic (exact) mass is 256 g/mol. The molecular formula is CH5F3GeO3SSi. The van der Waals surface area contributed by atoms with Gasteiger partial charge >= 0.3 is 65.2 Å². The third-order valence-corrected chi connectivity index (χ3v) is 7.76. The van der Waals surface area contributed by atoms with Crippen molar-refractivity contribution in [3.63, 3.8) is 0 Å². The molecule has 0 amide bonds. The van der Waals surface area contributed by atoms with Crippen LogP contribution in [0.5, 0.6) is 0 Å². The van der Waals surface area contributed by atoms with E-state index >= 15 is 0 Å². The molecule has 10 heavy (non-hydrogen) atoms. The van der Waals surface area contributed by atoms with E-state index in [0.29, 0.717) is 0 Å². The van der Waals surface area contributed by atoms with Crippen molar-refractivity contribution < 1.29 is 25.5 Å². The minimum atomic E-state index is -5.24. The normalized spacial score (nSPS) is 15.1. The quantitative estimate of drug-likeness (QED) is 0.432. The molecule has 0 spiro atoms. The van der Waals surface area contributed by atoms with Gasteiger partial charge in [-0.3, -0.25) is 0 Å². The molecule has 9 heteroatoms. The number of hydrogen-bond donors (Lipinski definition) is 0. The van der Waals surface area contributed by atoms with E-state index < -0.39 is 23.9 Å². The molecule has 0 aliphatic heterocycles. The third kappa shape index (κ3) is 2.60. The first-order chi connectivity index (χ1) is 4.31. The van der Waals surface area contributed by atoms with Gasteiger partial charge in [-0.2, -0.15) is 0 Å². The zero-order valence-corrected chi connectivity index (χ0v) is 11.4. The molecule has 0 atom stereocenters. The van der Waals surface area contributed by atoms with Crippen molar-refractivity contribution in [3.8, 4) is 0 Å². The fourth-order valence-electron chi connectivity index (χ4n) is 0.222. The van der Waals surface area contributed by atoms with Crippen LogP contribution >= 0.6 is 0 Å². The van der Waals surface area contributed by atoms with Gasteiger partial charge in [-0.15, -0.1) is 0 Å². The number of hydrogen-bond acceptors (Lipinski definition) is 3. The van der Waals surface area contributed by atoms with Gasteiger partial charge in [0.1, 0.15) is 0 Å².